The van der Waals surface area contributed by atoms with Crippen LogP contribution in [0.25, 0.3) is 0 Å². The Morgan fingerprint density at radius 3 is 2.51 bits per heavy atom. The number of halogens is 1. The highest BCUT2D eigenvalue weighted by Crippen LogP contribution is 2.39. The molecule has 0 bridgehead atoms. The van der Waals surface area contributed by atoms with Crippen LogP contribution in [0.4, 0.5) is 0 Å². The SMILES string of the molecule is CCCOc1ccc(C(=O)C2=C(O)C(=O)N(CCN3CCOCC3)C2c2ccc(Br)cc2)cc1C. The molecule has 1 atom stereocenters. The average molecular weight is 543 g/mol. The minimum Gasteiger partial charge on any atom is -0.503 e. The van der Waals surface area contributed by atoms with Crippen LogP contribution in [-0.4, -0.2) is 72.6 Å². The van der Waals surface area contributed by atoms with Gasteiger partial charge in [0, 0.05) is 36.2 Å². The predicted octanol–water partition coefficient (Wildman–Crippen LogP) is 4.46. The molecule has 35 heavy (non-hydrogen) atoms. The van der Waals surface area contributed by atoms with Crippen molar-refractivity contribution in [2.45, 2.75) is 26.3 Å². The quantitative estimate of drug-likeness (QED) is 0.471. The minimum absolute atomic E-state index is 0.112. The highest BCUT2D eigenvalue weighted by molar-refractivity contribution is 9.10. The Morgan fingerprint density at radius 2 is 1.86 bits per heavy atom. The van der Waals surface area contributed by atoms with E-state index in [1.165, 1.54) is 0 Å². The van der Waals surface area contributed by atoms with Crippen molar-refractivity contribution in [3.63, 3.8) is 0 Å². The maximum absolute atomic E-state index is 13.7. The number of amides is 1. The first kappa shape index (κ1) is 25.4. The zero-order chi connectivity index (χ0) is 24.9. The summed E-state index contributed by atoms with van der Waals surface area (Å²) >= 11 is 3.45. The Labute approximate surface area is 214 Å². The molecular weight excluding hydrogens is 512 g/mol. The van der Waals surface area contributed by atoms with Crippen molar-refractivity contribution < 1.29 is 24.2 Å². The smallest absolute Gasteiger partial charge is 0.290 e. The lowest BCUT2D eigenvalue weighted by Gasteiger charge is -2.31. The molecule has 2 heterocycles. The number of aliphatic hydroxyl groups excluding tert-OH is 1. The fourth-order valence-electron chi connectivity index (χ4n) is 4.50. The average Bonchev–Trinajstić information content (AvgIpc) is 3.12. The van der Waals surface area contributed by atoms with E-state index in [2.05, 4.69) is 20.8 Å². The van der Waals surface area contributed by atoms with E-state index in [9.17, 15) is 14.7 Å². The monoisotopic (exact) mass is 542 g/mol. The molecule has 1 unspecified atom stereocenters. The van der Waals surface area contributed by atoms with E-state index in [0.717, 1.165) is 40.9 Å². The number of hydrogen-bond acceptors (Lipinski definition) is 6. The first-order chi connectivity index (χ1) is 16.9. The maximum atomic E-state index is 13.7. The molecule has 2 aromatic rings. The Balaban J connectivity index is 1.65. The third-order valence-corrected chi connectivity index (χ3v) is 6.92. The Hall–Kier alpha value is -2.68. The van der Waals surface area contributed by atoms with Crippen LogP contribution in [0.15, 0.2) is 58.3 Å². The molecule has 8 heteroatoms. The molecule has 0 spiro atoms. The van der Waals surface area contributed by atoms with Gasteiger partial charge in [0.05, 0.1) is 31.4 Å². The fourth-order valence-corrected chi connectivity index (χ4v) is 4.77. The lowest BCUT2D eigenvalue weighted by molar-refractivity contribution is -0.129. The number of carbonyl (C=O) groups excluding carboxylic acids is 2. The van der Waals surface area contributed by atoms with Gasteiger partial charge in [0.25, 0.3) is 5.91 Å². The summed E-state index contributed by atoms with van der Waals surface area (Å²) in [5.74, 6) is -0.633. The van der Waals surface area contributed by atoms with Gasteiger partial charge < -0.3 is 19.5 Å². The zero-order valence-electron chi connectivity index (χ0n) is 20.1. The van der Waals surface area contributed by atoms with Crippen LogP contribution >= 0.6 is 15.9 Å². The molecule has 2 aromatic carbocycles. The number of aliphatic hydroxyl groups is 1. The van der Waals surface area contributed by atoms with Gasteiger partial charge in [-0.15, -0.1) is 0 Å². The van der Waals surface area contributed by atoms with Crippen molar-refractivity contribution in [3.05, 3.63) is 75.0 Å². The molecule has 0 radical (unpaired) electrons. The van der Waals surface area contributed by atoms with Crippen molar-refractivity contribution in [3.8, 4) is 5.75 Å². The number of ketones is 1. The van der Waals surface area contributed by atoms with Crippen LogP contribution in [0.3, 0.4) is 0 Å². The van der Waals surface area contributed by atoms with Gasteiger partial charge in [-0.1, -0.05) is 35.0 Å². The van der Waals surface area contributed by atoms with E-state index in [0.29, 0.717) is 38.5 Å². The number of nitrogens with zero attached hydrogens (tertiary/aromatic N) is 2. The maximum Gasteiger partial charge on any atom is 0.290 e. The molecule has 0 saturated carbocycles. The number of ether oxygens (including phenoxy) is 2. The van der Waals surface area contributed by atoms with Gasteiger partial charge in [-0.05, 0) is 54.8 Å². The molecule has 2 aliphatic rings. The summed E-state index contributed by atoms with van der Waals surface area (Å²) in [7, 11) is 0. The Kier molecular flexibility index (Phi) is 8.26. The van der Waals surface area contributed by atoms with E-state index in [1.807, 2.05) is 38.1 Å². The molecule has 4 rings (SSSR count). The van der Waals surface area contributed by atoms with Crippen molar-refractivity contribution in [1.29, 1.82) is 0 Å². The summed E-state index contributed by atoms with van der Waals surface area (Å²) in [6.07, 6.45) is 0.887. The van der Waals surface area contributed by atoms with Crippen LogP contribution < -0.4 is 4.74 Å². The summed E-state index contributed by atoms with van der Waals surface area (Å²) < 4.78 is 12.1. The largest absolute Gasteiger partial charge is 0.503 e. The van der Waals surface area contributed by atoms with Crippen LogP contribution in [0, 0.1) is 6.92 Å². The van der Waals surface area contributed by atoms with E-state index in [1.54, 1.807) is 23.1 Å². The first-order valence-corrected chi connectivity index (χ1v) is 12.8. The first-order valence-electron chi connectivity index (χ1n) is 12.0. The molecule has 0 aromatic heterocycles. The summed E-state index contributed by atoms with van der Waals surface area (Å²) in [6.45, 7) is 8.46. The van der Waals surface area contributed by atoms with E-state index in [4.69, 9.17) is 9.47 Å². The highest BCUT2D eigenvalue weighted by atomic mass is 79.9. The molecular formula is C27H31BrN2O5. The lowest BCUT2D eigenvalue weighted by Crippen LogP contribution is -2.43. The molecule has 1 fully saturated rings. The number of hydrogen-bond donors (Lipinski definition) is 1. The summed E-state index contributed by atoms with van der Waals surface area (Å²) in [5.41, 5.74) is 2.13. The van der Waals surface area contributed by atoms with E-state index >= 15 is 0 Å². The predicted molar refractivity (Wildman–Crippen MR) is 137 cm³/mol. The number of morpholine rings is 1. The normalized spacial score (nSPS) is 18.9. The highest BCUT2D eigenvalue weighted by Gasteiger charge is 2.43. The lowest BCUT2D eigenvalue weighted by atomic mass is 9.92. The number of aryl methyl sites for hydroxylation is 1. The van der Waals surface area contributed by atoms with E-state index < -0.39 is 17.7 Å². The summed E-state index contributed by atoms with van der Waals surface area (Å²) in [6, 6.07) is 12.1. The van der Waals surface area contributed by atoms with Gasteiger partial charge in [0.15, 0.2) is 11.5 Å². The number of rotatable bonds is 9. The molecule has 1 N–H and O–H groups in total. The van der Waals surface area contributed by atoms with Gasteiger partial charge in [-0.25, -0.2) is 0 Å². The second-order valence-electron chi connectivity index (χ2n) is 8.83. The number of carbonyl (C=O) groups is 2. The Bertz CT molecular complexity index is 1110. The second kappa shape index (κ2) is 11.4. The van der Waals surface area contributed by atoms with Gasteiger partial charge in [0.1, 0.15) is 5.75 Å². The molecule has 186 valence electrons. The zero-order valence-corrected chi connectivity index (χ0v) is 21.7. The summed E-state index contributed by atoms with van der Waals surface area (Å²) in [5, 5.41) is 10.9. The molecule has 1 saturated heterocycles. The summed E-state index contributed by atoms with van der Waals surface area (Å²) in [4.78, 5) is 30.7. The van der Waals surface area contributed by atoms with Gasteiger partial charge in [-0.2, -0.15) is 0 Å². The minimum atomic E-state index is -0.666. The molecule has 1 amide bonds. The standard InChI is InChI=1S/C27H31BrN2O5/c1-3-14-35-22-9-6-20(17-18(22)2)25(31)23-24(19-4-7-21(28)8-5-19)30(27(33)26(23)32)11-10-29-12-15-34-16-13-29/h4-9,17,24,32H,3,10-16H2,1-2H3. The number of Topliss-reactive ketones (excluding diaryl/α,β-unsaturated/α-hetero) is 1. The van der Waals surface area contributed by atoms with Gasteiger partial charge >= 0.3 is 0 Å². The van der Waals surface area contributed by atoms with Crippen molar-refractivity contribution in [2.24, 2.45) is 0 Å². The van der Waals surface area contributed by atoms with Crippen molar-refractivity contribution >= 4 is 27.6 Å². The second-order valence-corrected chi connectivity index (χ2v) is 9.74. The van der Waals surface area contributed by atoms with E-state index in [-0.39, 0.29) is 11.4 Å². The van der Waals surface area contributed by atoms with Crippen LogP contribution in [-0.2, 0) is 9.53 Å². The topological polar surface area (TPSA) is 79.3 Å². The third kappa shape index (κ3) is 5.60. The number of benzene rings is 2. The van der Waals surface area contributed by atoms with Crippen molar-refractivity contribution in [1.82, 2.24) is 9.80 Å². The third-order valence-electron chi connectivity index (χ3n) is 6.39. The van der Waals surface area contributed by atoms with Crippen molar-refractivity contribution in [2.75, 3.05) is 46.0 Å². The molecule has 0 aliphatic carbocycles. The van der Waals surface area contributed by atoms with Crippen LogP contribution in [0.2, 0.25) is 0 Å². The molecule has 7 nitrogen and oxygen atoms in total. The van der Waals surface area contributed by atoms with Crippen LogP contribution in [0.1, 0.15) is 40.9 Å². The van der Waals surface area contributed by atoms with Gasteiger partial charge in [-0.3, -0.25) is 14.5 Å². The fraction of sp³-hybridized carbons (Fsp3) is 0.407. The van der Waals surface area contributed by atoms with Gasteiger partial charge in [0.2, 0.25) is 0 Å². The van der Waals surface area contributed by atoms with Crippen LogP contribution in [0.5, 0.6) is 5.75 Å². The Morgan fingerprint density at radius 1 is 1.14 bits per heavy atom. The molecule has 2 aliphatic heterocycles.